The third kappa shape index (κ3) is 2.43. The molecule has 0 bridgehead atoms. The van der Waals surface area contributed by atoms with E-state index in [-0.39, 0.29) is 23.5 Å². The molecule has 0 spiro atoms. The molecule has 0 heterocycles. The number of hydrogen-bond acceptors (Lipinski definition) is 4. The van der Waals surface area contributed by atoms with E-state index in [1.807, 2.05) is 6.07 Å². The number of carbonyl (C=O) groups excluding carboxylic acids is 1. The SMILES string of the molecule is CCOC(=O)[C@@H]1C[C@@H]1c1cccc([N+](=O)[O-])c1. The van der Waals surface area contributed by atoms with E-state index in [9.17, 15) is 14.9 Å². The molecule has 1 aliphatic rings. The highest BCUT2D eigenvalue weighted by molar-refractivity contribution is 5.77. The summed E-state index contributed by atoms with van der Waals surface area (Å²) in [6, 6.07) is 6.44. The van der Waals surface area contributed by atoms with Crippen molar-refractivity contribution in [3.8, 4) is 0 Å². The molecule has 1 saturated carbocycles. The number of non-ortho nitro benzene ring substituents is 1. The fourth-order valence-electron chi connectivity index (χ4n) is 1.94. The number of rotatable bonds is 4. The van der Waals surface area contributed by atoms with Crippen LogP contribution in [0.25, 0.3) is 0 Å². The van der Waals surface area contributed by atoms with Crippen LogP contribution in [0.15, 0.2) is 24.3 Å². The van der Waals surface area contributed by atoms with Gasteiger partial charge in [0.1, 0.15) is 0 Å². The van der Waals surface area contributed by atoms with Crippen molar-refractivity contribution in [3.05, 3.63) is 39.9 Å². The Morgan fingerprint density at radius 2 is 2.35 bits per heavy atom. The van der Waals surface area contributed by atoms with Gasteiger partial charge in [-0.25, -0.2) is 0 Å². The molecule has 1 aliphatic carbocycles. The fourth-order valence-corrected chi connectivity index (χ4v) is 1.94. The number of benzene rings is 1. The molecule has 0 radical (unpaired) electrons. The van der Waals surface area contributed by atoms with Gasteiger partial charge >= 0.3 is 5.97 Å². The molecule has 5 nitrogen and oxygen atoms in total. The van der Waals surface area contributed by atoms with Crippen molar-refractivity contribution in [2.75, 3.05) is 6.61 Å². The Kier molecular flexibility index (Phi) is 3.08. The Balaban J connectivity index is 2.08. The molecule has 2 rings (SSSR count). The maximum Gasteiger partial charge on any atom is 0.309 e. The number of hydrogen-bond donors (Lipinski definition) is 0. The van der Waals surface area contributed by atoms with Gasteiger partial charge in [0.2, 0.25) is 0 Å². The monoisotopic (exact) mass is 235 g/mol. The van der Waals surface area contributed by atoms with Crippen LogP contribution in [0.4, 0.5) is 5.69 Å². The van der Waals surface area contributed by atoms with Crippen LogP contribution in [-0.4, -0.2) is 17.5 Å². The van der Waals surface area contributed by atoms with Gasteiger partial charge < -0.3 is 4.74 Å². The van der Waals surface area contributed by atoms with Gasteiger partial charge in [0.15, 0.2) is 0 Å². The molecule has 17 heavy (non-hydrogen) atoms. The second kappa shape index (κ2) is 4.53. The van der Waals surface area contributed by atoms with Gasteiger partial charge in [-0.15, -0.1) is 0 Å². The Bertz CT molecular complexity index is 458. The fraction of sp³-hybridized carbons (Fsp3) is 0.417. The van der Waals surface area contributed by atoms with Crippen LogP contribution in [0.3, 0.4) is 0 Å². The summed E-state index contributed by atoms with van der Waals surface area (Å²) in [7, 11) is 0. The molecular weight excluding hydrogens is 222 g/mol. The highest BCUT2D eigenvalue weighted by Gasteiger charge is 2.45. The van der Waals surface area contributed by atoms with Crippen molar-refractivity contribution in [3.63, 3.8) is 0 Å². The number of nitro benzene ring substituents is 1. The summed E-state index contributed by atoms with van der Waals surface area (Å²) in [5.41, 5.74) is 0.911. The topological polar surface area (TPSA) is 69.4 Å². The lowest BCUT2D eigenvalue weighted by Gasteiger charge is -2.01. The summed E-state index contributed by atoms with van der Waals surface area (Å²) < 4.78 is 4.92. The third-order valence-electron chi connectivity index (χ3n) is 2.89. The zero-order valence-electron chi connectivity index (χ0n) is 9.46. The van der Waals surface area contributed by atoms with Crippen LogP contribution in [0, 0.1) is 16.0 Å². The van der Waals surface area contributed by atoms with Crippen molar-refractivity contribution in [1.82, 2.24) is 0 Å². The van der Waals surface area contributed by atoms with Gasteiger partial charge in [-0.2, -0.15) is 0 Å². The van der Waals surface area contributed by atoms with Crippen molar-refractivity contribution in [2.45, 2.75) is 19.3 Å². The van der Waals surface area contributed by atoms with Crippen molar-refractivity contribution < 1.29 is 14.5 Å². The minimum Gasteiger partial charge on any atom is -0.466 e. The summed E-state index contributed by atoms with van der Waals surface area (Å²) in [5, 5.41) is 10.6. The quantitative estimate of drug-likeness (QED) is 0.456. The van der Waals surface area contributed by atoms with E-state index >= 15 is 0 Å². The molecule has 1 aromatic rings. The Hall–Kier alpha value is -1.91. The minimum absolute atomic E-state index is 0.0667. The second-order valence-corrected chi connectivity index (χ2v) is 4.05. The lowest BCUT2D eigenvalue weighted by molar-refractivity contribution is -0.384. The number of nitrogens with zero attached hydrogens (tertiary/aromatic N) is 1. The smallest absolute Gasteiger partial charge is 0.309 e. The highest BCUT2D eigenvalue weighted by atomic mass is 16.6. The average molecular weight is 235 g/mol. The number of carbonyl (C=O) groups is 1. The first-order valence-electron chi connectivity index (χ1n) is 5.54. The van der Waals surface area contributed by atoms with Crippen LogP contribution in [0.5, 0.6) is 0 Å². The molecule has 1 aromatic carbocycles. The lowest BCUT2D eigenvalue weighted by atomic mass is 10.1. The molecule has 5 heteroatoms. The molecule has 0 aromatic heterocycles. The molecule has 2 atom stereocenters. The molecule has 90 valence electrons. The summed E-state index contributed by atoms with van der Waals surface area (Å²) in [5.74, 6) is -0.255. The maximum atomic E-state index is 11.5. The van der Waals surface area contributed by atoms with Gasteiger partial charge in [0.05, 0.1) is 17.4 Å². The highest BCUT2D eigenvalue weighted by Crippen LogP contribution is 2.48. The van der Waals surface area contributed by atoms with Gasteiger partial charge in [-0.05, 0) is 24.8 Å². The van der Waals surface area contributed by atoms with Crippen LogP contribution in [-0.2, 0) is 9.53 Å². The van der Waals surface area contributed by atoms with Crippen LogP contribution in [0.1, 0.15) is 24.8 Å². The van der Waals surface area contributed by atoms with E-state index in [0.29, 0.717) is 6.61 Å². The molecule has 0 saturated heterocycles. The van der Waals surface area contributed by atoms with Crippen LogP contribution in [0.2, 0.25) is 0 Å². The third-order valence-corrected chi connectivity index (χ3v) is 2.89. The Morgan fingerprint density at radius 3 is 3.00 bits per heavy atom. The van der Waals surface area contributed by atoms with E-state index in [1.165, 1.54) is 12.1 Å². The van der Waals surface area contributed by atoms with Gasteiger partial charge in [0.25, 0.3) is 5.69 Å². The molecular formula is C12H13NO4. The van der Waals surface area contributed by atoms with E-state index < -0.39 is 4.92 Å². The summed E-state index contributed by atoms with van der Waals surface area (Å²) in [6.45, 7) is 2.14. The molecule has 0 amide bonds. The zero-order valence-corrected chi connectivity index (χ0v) is 9.46. The van der Waals surface area contributed by atoms with E-state index in [2.05, 4.69) is 0 Å². The number of nitro groups is 1. The number of ether oxygens (including phenoxy) is 1. The average Bonchev–Trinajstić information content (AvgIpc) is 3.09. The van der Waals surface area contributed by atoms with Crippen LogP contribution < -0.4 is 0 Å². The van der Waals surface area contributed by atoms with E-state index in [4.69, 9.17) is 4.74 Å². The molecule has 0 aliphatic heterocycles. The Morgan fingerprint density at radius 1 is 1.59 bits per heavy atom. The van der Waals surface area contributed by atoms with Gasteiger partial charge in [-0.3, -0.25) is 14.9 Å². The maximum absolute atomic E-state index is 11.5. The first-order valence-corrected chi connectivity index (χ1v) is 5.54. The zero-order chi connectivity index (χ0) is 12.4. The summed E-state index contributed by atoms with van der Waals surface area (Å²) in [6.07, 6.45) is 0.722. The van der Waals surface area contributed by atoms with Crippen molar-refractivity contribution in [2.24, 2.45) is 5.92 Å². The van der Waals surface area contributed by atoms with Gasteiger partial charge in [-0.1, -0.05) is 12.1 Å². The first kappa shape index (κ1) is 11.6. The van der Waals surface area contributed by atoms with Crippen LogP contribution >= 0.6 is 0 Å². The Labute approximate surface area is 98.5 Å². The summed E-state index contributed by atoms with van der Waals surface area (Å²) >= 11 is 0. The molecule has 0 N–H and O–H groups in total. The first-order chi connectivity index (χ1) is 8.13. The standard InChI is InChI=1S/C12H13NO4/c1-2-17-12(14)11-7-10(11)8-4-3-5-9(6-8)13(15)16/h3-6,10-11H,2,7H2,1H3/t10-,11-/m1/s1. The largest absolute Gasteiger partial charge is 0.466 e. The van der Waals surface area contributed by atoms with E-state index in [0.717, 1.165) is 12.0 Å². The molecule has 0 unspecified atom stereocenters. The number of esters is 1. The summed E-state index contributed by atoms with van der Waals surface area (Å²) in [4.78, 5) is 21.7. The predicted molar refractivity (Wildman–Crippen MR) is 60.6 cm³/mol. The van der Waals surface area contributed by atoms with E-state index in [1.54, 1.807) is 13.0 Å². The van der Waals surface area contributed by atoms with Crippen molar-refractivity contribution >= 4 is 11.7 Å². The second-order valence-electron chi connectivity index (χ2n) is 4.05. The molecule has 1 fully saturated rings. The predicted octanol–water partition coefficient (Wildman–Crippen LogP) is 2.26. The lowest BCUT2D eigenvalue weighted by Crippen LogP contribution is -2.07. The normalized spacial score (nSPS) is 21.9. The van der Waals surface area contributed by atoms with Crippen molar-refractivity contribution in [1.29, 1.82) is 0 Å². The minimum atomic E-state index is -0.425. The van der Waals surface area contributed by atoms with Gasteiger partial charge in [0, 0.05) is 12.1 Å².